The fourth-order valence-corrected chi connectivity index (χ4v) is 5.36. The number of hydrogen-bond donors (Lipinski definition) is 0. The first-order valence-corrected chi connectivity index (χ1v) is 11.2. The zero-order valence-electron chi connectivity index (χ0n) is 16.7. The highest BCUT2D eigenvalue weighted by Gasteiger charge is 2.20. The number of hydrogen-bond acceptors (Lipinski definition) is 4. The van der Waals surface area contributed by atoms with Gasteiger partial charge in [-0.2, -0.15) is 0 Å². The van der Waals surface area contributed by atoms with Crippen LogP contribution in [0, 0.1) is 0 Å². The van der Waals surface area contributed by atoms with Crippen molar-refractivity contribution in [1.82, 2.24) is 14.5 Å². The maximum Gasteiger partial charge on any atom is 0.273 e. The molecule has 2 aromatic heterocycles. The van der Waals surface area contributed by atoms with Crippen LogP contribution in [-0.2, 0) is 17.8 Å². The first-order chi connectivity index (χ1) is 14.7. The number of aryl methyl sites for hydroxylation is 1. The van der Waals surface area contributed by atoms with Crippen molar-refractivity contribution in [2.45, 2.75) is 32.2 Å². The molecule has 0 unspecified atom stereocenters. The van der Waals surface area contributed by atoms with E-state index >= 15 is 0 Å². The zero-order chi connectivity index (χ0) is 20.5. The second-order valence-electron chi connectivity index (χ2n) is 7.77. The Morgan fingerprint density at radius 3 is 2.57 bits per heavy atom. The minimum absolute atomic E-state index is 0.0253. The number of carbonyl (C=O) groups is 1. The molecule has 1 aliphatic heterocycles. The second kappa shape index (κ2) is 8.03. The van der Waals surface area contributed by atoms with E-state index in [4.69, 9.17) is 4.98 Å². The highest BCUT2D eigenvalue weighted by atomic mass is 32.1. The Bertz CT molecular complexity index is 1280. The first-order valence-electron chi connectivity index (χ1n) is 10.4. The molecule has 0 saturated carbocycles. The van der Waals surface area contributed by atoms with Gasteiger partial charge in [0.1, 0.15) is 10.5 Å². The molecule has 5 nitrogen and oxygen atoms in total. The first kappa shape index (κ1) is 19.0. The van der Waals surface area contributed by atoms with Crippen LogP contribution < -0.4 is 5.56 Å². The van der Waals surface area contributed by atoms with E-state index < -0.39 is 0 Å². The number of aromatic nitrogens is 2. The molecule has 0 N–H and O–H groups in total. The molecule has 152 valence electrons. The molecule has 30 heavy (non-hydrogen) atoms. The lowest BCUT2D eigenvalue weighted by Gasteiger charge is -2.16. The Labute approximate surface area is 178 Å². The van der Waals surface area contributed by atoms with Crippen LogP contribution in [0.3, 0.4) is 0 Å². The van der Waals surface area contributed by atoms with Gasteiger partial charge >= 0.3 is 0 Å². The normalized spacial score (nSPS) is 14.3. The van der Waals surface area contributed by atoms with Crippen LogP contribution in [0.2, 0.25) is 0 Å². The van der Waals surface area contributed by atoms with E-state index in [1.54, 1.807) is 11.3 Å². The van der Waals surface area contributed by atoms with E-state index in [0.717, 1.165) is 45.4 Å². The Kier molecular flexibility index (Phi) is 5.09. The fraction of sp³-hybridized carbons (Fsp3) is 0.292. The van der Waals surface area contributed by atoms with Gasteiger partial charge < -0.3 is 9.47 Å². The molecule has 0 atom stereocenters. The number of thiophene rings is 1. The van der Waals surface area contributed by atoms with Crippen LogP contribution in [0.5, 0.6) is 0 Å². The van der Waals surface area contributed by atoms with E-state index in [9.17, 15) is 9.59 Å². The summed E-state index contributed by atoms with van der Waals surface area (Å²) < 4.78 is 3.03. The summed E-state index contributed by atoms with van der Waals surface area (Å²) in [6.45, 7) is 2.12. The van der Waals surface area contributed by atoms with Gasteiger partial charge in [0, 0.05) is 42.6 Å². The molecule has 5 rings (SSSR count). The van der Waals surface area contributed by atoms with Crippen molar-refractivity contribution >= 4 is 37.7 Å². The third-order valence-electron chi connectivity index (χ3n) is 5.75. The summed E-state index contributed by atoms with van der Waals surface area (Å²) in [7, 11) is 0. The van der Waals surface area contributed by atoms with Gasteiger partial charge in [-0.25, -0.2) is 4.98 Å². The van der Waals surface area contributed by atoms with Crippen LogP contribution in [0.15, 0.2) is 59.4 Å². The molecule has 1 saturated heterocycles. The lowest BCUT2D eigenvalue weighted by molar-refractivity contribution is -0.127. The highest BCUT2D eigenvalue weighted by Crippen LogP contribution is 2.32. The van der Waals surface area contributed by atoms with Gasteiger partial charge in [0.25, 0.3) is 5.56 Å². The molecule has 0 bridgehead atoms. The predicted octanol–water partition coefficient (Wildman–Crippen LogP) is 4.21. The molecule has 1 aliphatic rings. The van der Waals surface area contributed by atoms with Crippen molar-refractivity contribution in [2.75, 3.05) is 13.1 Å². The van der Waals surface area contributed by atoms with E-state index in [1.165, 1.54) is 0 Å². The Balaban J connectivity index is 1.55. The van der Waals surface area contributed by atoms with Crippen LogP contribution in [-0.4, -0.2) is 33.4 Å². The number of benzene rings is 2. The molecule has 4 aromatic rings. The minimum Gasteiger partial charge on any atom is -0.343 e. The van der Waals surface area contributed by atoms with E-state index in [0.29, 0.717) is 31.6 Å². The molecule has 1 fully saturated rings. The number of fused-ring (bicyclic) bond motifs is 3. The van der Waals surface area contributed by atoms with Gasteiger partial charge in [-0.05, 0) is 24.5 Å². The van der Waals surface area contributed by atoms with Crippen molar-refractivity contribution in [1.29, 1.82) is 0 Å². The summed E-state index contributed by atoms with van der Waals surface area (Å²) >= 11 is 1.63. The molecular weight excluding hydrogens is 394 g/mol. The number of likely N-dealkylation sites (tertiary alicyclic amines) is 1. The maximum atomic E-state index is 13.4. The summed E-state index contributed by atoms with van der Waals surface area (Å²) in [6, 6.07) is 18.2. The monoisotopic (exact) mass is 417 g/mol. The average Bonchev–Trinajstić information content (AvgIpc) is 3.34. The average molecular weight is 418 g/mol. The van der Waals surface area contributed by atoms with Gasteiger partial charge in [-0.3, -0.25) is 9.59 Å². The summed E-state index contributed by atoms with van der Waals surface area (Å²) in [5, 5.41) is 1.07. The Hall–Kier alpha value is -2.99. The standard InChI is InChI=1S/C24H23N3O2S/c28-21-12-6-13-26(21)14-7-15-27-22-18-10-4-5-11-20(18)30-23(22)25-19(24(27)29)16-17-8-2-1-3-9-17/h1-5,8-11H,6-7,12-16H2. The van der Waals surface area contributed by atoms with Crippen LogP contribution in [0.25, 0.3) is 20.4 Å². The van der Waals surface area contributed by atoms with Crippen LogP contribution in [0.4, 0.5) is 0 Å². The molecule has 1 amide bonds. The highest BCUT2D eigenvalue weighted by molar-refractivity contribution is 7.25. The molecule has 2 aromatic carbocycles. The third-order valence-corrected chi connectivity index (χ3v) is 6.80. The van der Waals surface area contributed by atoms with Crippen molar-refractivity contribution in [3.63, 3.8) is 0 Å². The molecule has 0 spiro atoms. The summed E-state index contributed by atoms with van der Waals surface area (Å²) in [5.74, 6) is 0.230. The van der Waals surface area contributed by atoms with Crippen LogP contribution in [0.1, 0.15) is 30.5 Å². The number of amides is 1. The van der Waals surface area contributed by atoms with Crippen molar-refractivity contribution in [3.05, 3.63) is 76.2 Å². The van der Waals surface area contributed by atoms with E-state index in [-0.39, 0.29) is 11.5 Å². The molecule has 0 aliphatic carbocycles. The quantitative estimate of drug-likeness (QED) is 0.472. The zero-order valence-corrected chi connectivity index (χ0v) is 17.5. The molecule has 6 heteroatoms. The van der Waals surface area contributed by atoms with Gasteiger partial charge in [0.15, 0.2) is 0 Å². The van der Waals surface area contributed by atoms with Gasteiger partial charge in [-0.1, -0.05) is 48.5 Å². The van der Waals surface area contributed by atoms with Crippen LogP contribution >= 0.6 is 11.3 Å². The SMILES string of the molecule is O=C1CCCN1CCCn1c(=O)c(Cc2ccccc2)nc2sc3ccccc3c21. The second-order valence-corrected chi connectivity index (χ2v) is 8.80. The van der Waals surface area contributed by atoms with Crippen molar-refractivity contribution in [3.8, 4) is 0 Å². The Morgan fingerprint density at radius 1 is 0.967 bits per heavy atom. The van der Waals surface area contributed by atoms with Gasteiger partial charge in [0.05, 0.1) is 5.52 Å². The molecule has 0 radical (unpaired) electrons. The number of rotatable bonds is 6. The largest absolute Gasteiger partial charge is 0.343 e. The fourth-order valence-electron chi connectivity index (χ4n) is 4.26. The topological polar surface area (TPSA) is 55.2 Å². The molecule has 3 heterocycles. The summed E-state index contributed by atoms with van der Waals surface area (Å²) in [4.78, 5) is 33.0. The molecular formula is C24H23N3O2S. The van der Waals surface area contributed by atoms with Crippen molar-refractivity contribution in [2.24, 2.45) is 0 Å². The van der Waals surface area contributed by atoms with Gasteiger partial charge in [0.2, 0.25) is 5.91 Å². The summed E-state index contributed by atoms with van der Waals surface area (Å²) in [6.07, 6.45) is 2.87. The lowest BCUT2D eigenvalue weighted by Crippen LogP contribution is -2.29. The minimum atomic E-state index is -0.0253. The maximum absolute atomic E-state index is 13.4. The van der Waals surface area contributed by atoms with Gasteiger partial charge in [-0.15, -0.1) is 11.3 Å². The number of nitrogens with zero attached hydrogens (tertiary/aromatic N) is 3. The lowest BCUT2D eigenvalue weighted by atomic mass is 10.1. The summed E-state index contributed by atoms with van der Waals surface area (Å²) in [5.41, 5.74) is 2.56. The van der Waals surface area contributed by atoms with E-state index in [2.05, 4.69) is 12.1 Å². The van der Waals surface area contributed by atoms with Crippen molar-refractivity contribution < 1.29 is 4.79 Å². The third kappa shape index (κ3) is 3.52. The van der Waals surface area contributed by atoms with E-state index in [1.807, 2.05) is 51.9 Å². The smallest absolute Gasteiger partial charge is 0.273 e. The predicted molar refractivity (Wildman–Crippen MR) is 121 cm³/mol. The number of carbonyl (C=O) groups excluding carboxylic acids is 1. The Morgan fingerprint density at radius 2 is 1.77 bits per heavy atom.